The number of aromatic nitrogens is 2. The van der Waals surface area contributed by atoms with Gasteiger partial charge in [-0.25, -0.2) is 13.1 Å². The molecule has 7 nitrogen and oxygen atoms in total. The van der Waals surface area contributed by atoms with Gasteiger partial charge in [-0.3, -0.25) is 0 Å². The number of sulfonamides is 1. The van der Waals surface area contributed by atoms with Crippen LogP contribution in [-0.2, 0) is 29.7 Å². The maximum absolute atomic E-state index is 12.1. The van der Waals surface area contributed by atoms with E-state index in [1.807, 2.05) is 6.07 Å². The quantitative estimate of drug-likeness (QED) is 0.827. The van der Waals surface area contributed by atoms with E-state index in [-0.39, 0.29) is 11.4 Å². The van der Waals surface area contributed by atoms with Crippen LogP contribution in [-0.4, -0.2) is 18.6 Å². The van der Waals surface area contributed by atoms with Gasteiger partial charge >= 0.3 is 0 Å². The van der Waals surface area contributed by atoms with Crippen molar-refractivity contribution in [1.29, 1.82) is 0 Å². The molecule has 0 atom stereocenters. The van der Waals surface area contributed by atoms with Crippen LogP contribution in [0, 0.1) is 0 Å². The first kappa shape index (κ1) is 12.3. The van der Waals surface area contributed by atoms with Crippen LogP contribution in [0.25, 0.3) is 0 Å². The van der Waals surface area contributed by atoms with Gasteiger partial charge in [-0.05, 0) is 23.3 Å². The lowest BCUT2D eigenvalue weighted by Crippen LogP contribution is -2.24. The molecular formula is C11H12N4O3S. The summed E-state index contributed by atoms with van der Waals surface area (Å²) in [6, 6.07) is 5.12. The number of fused-ring (bicyclic) bond motifs is 1. The lowest BCUT2D eigenvalue weighted by atomic mass is 10.1. The van der Waals surface area contributed by atoms with Crippen LogP contribution in [0.5, 0.6) is 0 Å². The molecule has 0 aliphatic carbocycles. The Morgan fingerprint density at radius 2 is 2.16 bits per heavy atom. The molecule has 2 heterocycles. The van der Waals surface area contributed by atoms with Gasteiger partial charge in [-0.15, -0.1) is 0 Å². The summed E-state index contributed by atoms with van der Waals surface area (Å²) in [5, 5.41) is 6.72. The zero-order valence-corrected chi connectivity index (χ0v) is 10.8. The third-order valence-corrected chi connectivity index (χ3v) is 4.35. The Balaban J connectivity index is 1.80. The molecule has 0 bridgehead atoms. The monoisotopic (exact) mass is 280 g/mol. The second-order valence-electron chi connectivity index (χ2n) is 4.21. The number of benzene rings is 1. The summed E-state index contributed by atoms with van der Waals surface area (Å²) in [6.07, 6.45) is 1.16. The third-order valence-electron chi connectivity index (χ3n) is 2.95. The molecule has 0 spiro atoms. The molecule has 19 heavy (non-hydrogen) atoms. The fourth-order valence-corrected chi connectivity index (χ4v) is 2.98. The van der Waals surface area contributed by atoms with Crippen molar-refractivity contribution in [2.24, 2.45) is 0 Å². The first-order valence-electron chi connectivity index (χ1n) is 5.72. The van der Waals surface area contributed by atoms with E-state index in [0.29, 0.717) is 12.4 Å². The topological polar surface area (TPSA) is 97.1 Å². The summed E-state index contributed by atoms with van der Waals surface area (Å²) >= 11 is 0. The van der Waals surface area contributed by atoms with Crippen LogP contribution in [0.15, 0.2) is 34.0 Å². The van der Waals surface area contributed by atoms with Crippen LogP contribution in [0.3, 0.4) is 0 Å². The van der Waals surface area contributed by atoms with Gasteiger partial charge in [0, 0.05) is 13.1 Å². The Morgan fingerprint density at radius 3 is 2.95 bits per heavy atom. The lowest BCUT2D eigenvalue weighted by Gasteiger charge is -2.06. The standard InChI is InChI=1S/C11H12N4O3S/c16-19(17,14-6-11-13-7-18-15-11)10-2-1-8-4-12-5-9(8)3-10/h1-3,7,12,14H,4-6H2. The van der Waals surface area contributed by atoms with Gasteiger partial charge in [0.25, 0.3) is 0 Å². The zero-order chi connectivity index (χ0) is 13.3. The summed E-state index contributed by atoms with van der Waals surface area (Å²) in [5.74, 6) is 0.298. The molecule has 1 aliphatic heterocycles. The summed E-state index contributed by atoms with van der Waals surface area (Å²) < 4.78 is 31.2. The van der Waals surface area contributed by atoms with Crippen molar-refractivity contribution < 1.29 is 12.9 Å². The number of hydrogen-bond donors (Lipinski definition) is 2. The van der Waals surface area contributed by atoms with Crippen molar-refractivity contribution in [3.05, 3.63) is 41.5 Å². The van der Waals surface area contributed by atoms with Crippen molar-refractivity contribution in [2.45, 2.75) is 24.5 Å². The van der Waals surface area contributed by atoms with Crippen molar-refractivity contribution in [3.8, 4) is 0 Å². The molecule has 0 radical (unpaired) electrons. The molecule has 3 rings (SSSR count). The van der Waals surface area contributed by atoms with Gasteiger partial charge in [-0.1, -0.05) is 11.2 Å². The van der Waals surface area contributed by atoms with Gasteiger partial charge in [0.1, 0.15) is 0 Å². The van der Waals surface area contributed by atoms with E-state index >= 15 is 0 Å². The normalized spacial score (nSPS) is 14.5. The van der Waals surface area contributed by atoms with E-state index in [2.05, 4.69) is 24.7 Å². The molecule has 0 unspecified atom stereocenters. The average Bonchev–Trinajstić information content (AvgIpc) is 3.06. The van der Waals surface area contributed by atoms with Crippen LogP contribution >= 0.6 is 0 Å². The van der Waals surface area contributed by atoms with E-state index in [1.165, 1.54) is 0 Å². The van der Waals surface area contributed by atoms with E-state index in [0.717, 1.165) is 24.1 Å². The lowest BCUT2D eigenvalue weighted by molar-refractivity contribution is 0.409. The Hall–Kier alpha value is -1.77. The van der Waals surface area contributed by atoms with Gasteiger partial charge in [0.15, 0.2) is 5.82 Å². The molecule has 1 aromatic heterocycles. The zero-order valence-electron chi connectivity index (χ0n) is 9.96. The van der Waals surface area contributed by atoms with Crippen LogP contribution in [0.4, 0.5) is 0 Å². The minimum Gasteiger partial charge on any atom is -0.343 e. The summed E-state index contributed by atoms with van der Waals surface area (Å²) in [7, 11) is -3.56. The molecule has 1 aliphatic rings. The van der Waals surface area contributed by atoms with E-state index in [9.17, 15) is 8.42 Å². The third kappa shape index (κ3) is 2.50. The Morgan fingerprint density at radius 1 is 1.32 bits per heavy atom. The van der Waals surface area contributed by atoms with Crippen molar-refractivity contribution >= 4 is 10.0 Å². The highest BCUT2D eigenvalue weighted by Gasteiger charge is 2.18. The molecular weight excluding hydrogens is 268 g/mol. The highest BCUT2D eigenvalue weighted by atomic mass is 32.2. The number of rotatable bonds is 4. The molecule has 1 aromatic carbocycles. The minimum absolute atomic E-state index is 0.00810. The average molecular weight is 280 g/mol. The van der Waals surface area contributed by atoms with Crippen molar-refractivity contribution in [1.82, 2.24) is 20.2 Å². The molecule has 0 saturated heterocycles. The van der Waals surface area contributed by atoms with Gasteiger partial charge in [0.2, 0.25) is 16.4 Å². The number of nitrogens with zero attached hydrogens (tertiary/aromatic N) is 2. The van der Waals surface area contributed by atoms with E-state index < -0.39 is 10.0 Å². The Bertz CT molecular complexity index is 682. The van der Waals surface area contributed by atoms with Crippen LogP contribution in [0.2, 0.25) is 0 Å². The second kappa shape index (κ2) is 4.72. The predicted molar refractivity (Wildman–Crippen MR) is 65.3 cm³/mol. The fourth-order valence-electron chi connectivity index (χ4n) is 1.95. The van der Waals surface area contributed by atoms with Crippen molar-refractivity contribution in [3.63, 3.8) is 0 Å². The van der Waals surface area contributed by atoms with Crippen LogP contribution in [0.1, 0.15) is 17.0 Å². The molecule has 2 aromatic rings. The summed E-state index contributed by atoms with van der Waals surface area (Å²) in [6.45, 7) is 1.49. The van der Waals surface area contributed by atoms with E-state index in [1.54, 1.807) is 12.1 Å². The highest BCUT2D eigenvalue weighted by molar-refractivity contribution is 7.89. The first-order chi connectivity index (χ1) is 9.15. The van der Waals surface area contributed by atoms with Gasteiger partial charge in [-0.2, -0.15) is 4.98 Å². The molecule has 2 N–H and O–H groups in total. The fraction of sp³-hybridized carbons (Fsp3) is 0.273. The van der Waals surface area contributed by atoms with Crippen LogP contribution < -0.4 is 10.0 Å². The molecule has 8 heteroatoms. The molecule has 0 amide bonds. The van der Waals surface area contributed by atoms with Crippen molar-refractivity contribution in [2.75, 3.05) is 0 Å². The smallest absolute Gasteiger partial charge is 0.240 e. The Labute approximate surface area is 110 Å². The largest absolute Gasteiger partial charge is 0.343 e. The highest BCUT2D eigenvalue weighted by Crippen LogP contribution is 2.19. The summed E-state index contributed by atoms with van der Waals surface area (Å²) in [4.78, 5) is 4.00. The molecule has 100 valence electrons. The first-order valence-corrected chi connectivity index (χ1v) is 7.21. The second-order valence-corrected chi connectivity index (χ2v) is 5.97. The minimum atomic E-state index is -3.56. The SMILES string of the molecule is O=S(=O)(NCc1ncon1)c1ccc2c(c1)CNC2. The molecule has 0 fully saturated rings. The predicted octanol–water partition coefficient (Wildman–Crippen LogP) is 0.151. The van der Waals surface area contributed by atoms with Gasteiger partial charge < -0.3 is 9.84 Å². The van der Waals surface area contributed by atoms with Gasteiger partial charge in [0.05, 0.1) is 11.4 Å². The van der Waals surface area contributed by atoms with E-state index in [4.69, 9.17) is 0 Å². The molecule has 0 saturated carbocycles. The maximum Gasteiger partial charge on any atom is 0.240 e. The number of nitrogens with one attached hydrogen (secondary N) is 2. The Kier molecular flexibility index (Phi) is 3.05. The number of hydrogen-bond acceptors (Lipinski definition) is 6. The summed E-state index contributed by atoms with van der Waals surface area (Å²) in [5.41, 5.74) is 2.15. The maximum atomic E-state index is 12.1.